The minimum absolute atomic E-state index is 1.11. The highest BCUT2D eigenvalue weighted by Crippen LogP contribution is 2.42. The molecule has 12 aromatic rings. The molecule has 0 unspecified atom stereocenters. The molecule has 0 amide bonds. The first-order valence-corrected chi connectivity index (χ1v) is 21.6. The van der Waals surface area contributed by atoms with Gasteiger partial charge >= 0.3 is 0 Å². The SMILES string of the molecule is c1ccc(-n2c3ccccc3c3ccccc32)c(-c2ccc(-c3ccc(N(c4ccc(-c5cccc6ccccc56)cc4)c4ccc5c(c4)sc4ccccc45)cc3)cc2)c1. The standard InChI is InChI=1S/C58H38N2S/c1-2-14-47-41(12-1)13-11-19-48(47)42-30-34-45(35-31-42)59(46-36-37-53-52-18-6-10-23-57(52)61-58(53)38-46)44-32-28-40(29-33-44)39-24-26-43(27-25-39)49-15-3-7-20-54(49)60-55-21-8-4-16-50(55)51-17-5-9-22-56(51)60/h1-38H. The summed E-state index contributed by atoms with van der Waals surface area (Å²) in [5.41, 5.74) is 14.2. The molecule has 12 rings (SSSR count). The Morgan fingerprint density at radius 3 is 1.51 bits per heavy atom. The Kier molecular flexibility index (Phi) is 8.39. The molecule has 3 heteroatoms. The number of aromatic nitrogens is 1. The maximum Gasteiger partial charge on any atom is 0.0541 e. The molecule has 0 radical (unpaired) electrons. The molecule has 2 nitrogen and oxygen atoms in total. The van der Waals surface area contributed by atoms with Crippen molar-refractivity contribution >= 4 is 81.1 Å². The third kappa shape index (κ3) is 6.01. The van der Waals surface area contributed by atoms with Crippen LogP contribution in [0.25, 0.3) is 91.8 Å². The van der Waals surface area contributed by atoms with Crippen molar-refractivity contribution in [3.05, 3.63) is 231 Å². The van der Waals surface area contributed by atoms with Crippen LogP contribution in [-0.4, -0.2) is 4.57 Å². The second kappa shape index (κ2) is 14.5. The molecule has 0 spiro atoms. The van der Waals surface area contributed by atoms with Gasteiger partial charge in [-0.15, -0.1) is 11.3 Å². The average Bonchev–Trinajstić information content (AvgIpc) is 3.87. The lowest BCUT2D eigenvalue weighted by molar-refractivity contribution is 1.18. The molecule has 0 saturated carbocycles. The third-order valence-corrected chi connectivity index (χ3v) is 13.4. The monoisotopic (exact) mass is 794 g/mol. The van der Waals surface area contributed by atoms with Crippen LogP contribution in [0.4, 0.5) is 17.1 Å². The summed E-state index contributed by atoms with van der Waals surface area (Å²) in [6.45, 7) is 0. The fourth-order valence-corrected chi connectivity index (χ4v) is 10.4. The molecule has 0 N–H and O–H groups in total. The van der Waals surface area contributed by atoms with Crippen LogP contribution in [-0.2, 0) is 0 Å². The van der Waals surface area contributed by atoms with Gasteiger partial charge in [-0.1, -0.05) is 170 Å². The Labute approximate surface area is 358 Å². The summed E-state index contributed by atoms with van der Waals surface area (Å²) in [7, 11) is 0. The van der Waals surface area contributed by atoms with E-state index >= 15 is 0 Å². The number of benzene rings is 10. The third-order valence-electron chi connectivity index (χ3n) is 12.2. The highest BCUT2D eigenvalue weighted by molar-refractivity contribution is 7.25. The number of fused-ring (bicyclic) bond motifs is 7. The number of thiophene rings is 1. The lowest BCUT2D eigenvalue weighted by Crippen LogP contribution is -2.09. The second-order valence-electron chi connectivity index (χ2n) is 15.7. The zero-order chi connectivity index (χ0) is 40.3. The molecule has 2 aromatic heterocycles. The molecule has 0 saturated heterocycles. The van der Waals surface area contributed by atoms with Gasteiger partial charge in [-0.2, -0.15) is 0 Å². The van der Waals surface area contributed by atoms with Gasteiger partial charge in [-0.25, -0.2) is 0 Å². The molecule has 0 aliphatic heterocycles. The zero-order valence-electron chi connectivity index (χ0n) is 33.2. The number of hydrogen-bond donors (Lipinski definition) is 0. The topological polar surface area (TPSA) is 8.17 Å². The van der Waals surface area contributed by atoms with Crippen LogP contribution < -0.4 is 4.90 Å². The molecular formula is C58H38N2S. The molecule has 0 aliphatic carbocycles. The van der Waals surface area contributed by atoms with Gasteiger partial charge in [0, 0.05) is 53.6 Å². The molecule has 2 heterocycles. The Balaban J connectivity index is 0.905. The van der Waals surface area contributed by atoms with E-state index in [4.69, 9.17) is 0 Å². The summed E-state index contributed by atoms with van der Waals surface area (Å²) in [6, 6.07) is 84.1. The molecular weight excluding hydrogens is 757 g/mol. The van der Waals surface area contributed by atoms with E-state index in [2.05, 4.69) is 240 Å². The molecule has 0 fully saturated rings. The minimum Gasteiger partial charge on any atom is -0.310 e. The molecule has 61 heavy (non-hydrogen) atoms. The van der Waals surface area contributed by atoms with Gasteiger partial charge in [0.2, 0.25) is 0 Å². The van der Waals surface area contributed by atoms with E-state index in [9.17, 15) is 0 Å². The summed E-state index contributed by atoms with van der Waals surface area (Å²) < 4.78 is 5.01. The second-order valence-corrected chi connectivity index (χ2v) is 16.8. The summed E-state index contributed by atoms with van der Waals surface area (Å²) >= 11 is 1.86. The first kappa shape index (κ1) is 35.2. The fourth-order valence-electron chi connectivity index (χ4n) is 9.31. The van der Waals surface area contributed by atoms with E-state index in [0.717, 1.165) is 17.1 Å². The van der Waals surface area contributed by atoms with Crippen molar-refractivity contribution in [3.8, 4) is 39.1 Å². The highest BCUT2D eigenvalue weighted by Gasteiger charge is 2.18. The average molecular weight is 795 g/mol. The lowest BCUT2D eigenvalue weighted by Gasteiger charge is -2.26. The Morgan fingerprint density at radius 2 is 0.787 bits per heavy atom. The molecule has 0 atom stereocenters. The van der Waals surface area contributed by atoms with Crippen molar-refractivity contribution in [1.82, 2.24) is 4.57 Å². The van der Waals surface area contributed by atoms with Gasteiger partial charge in [0.15, 0.2) is 0 Å². The number of nitrogens with zero attached hydrogens (tertiary/aromatic N) is 2. The maximum absolute atomic E-state index is 2.41. The van der Waals surface area contributed by atoms with Crippen molar-refractivity contribution in [2.45, 2.75) is 0 Å². The van der Waals surface area contributed by atoms with Gasteiger partial charge in [-0.3, -0.25) is 0 Å². The minimum atomic E-state index is 1.11. The zero-order valence-corrected chi connectivity index (χ0v) is 34.1. The Morgan fingerprint density at radius 1 is 0.311 bits per heavy atom. The van der Waals surface area contributed by atoms with Gasteiger partial charge in [0.25, 0.3) is 0 Å². The Hall–Kier alpha value is -7.72. The van der Waals surface area contributed by atoms with Gasteiger partial charge in [-0.05, 0) is 99.3 Å². The van der Waals surface area contributed by atoms with Crippen LogP contribution in [0.5, 0.6) is 0 Å². The predicted octanol–water partition coefficient (Wildman–Crippen LogP) is 16.8. The van der Waals surface area contributed by atoms with Crippen molar-refractivity contribution in [2.75, 3.05) is 4.90 Å². The van der Waals surface area contributed by atoms with Crippen LogP contribution in [0.2, 0.25) is 0 Å². The highest BCUT2D eigenvalue weighted by atomic mass is 32.1. The van der Waals surface area contributed by atoms with E-state index in [1.807, 2.05) is 11.3 Å². The van der Waals surface area contributed by atoms with E-state index in [0.29, 0.717) is 0 Å². The normalized spacial score (nSPS) is 11.6. The largest absolute Gasteiger partial charge is 0.310 e. The van der Waals surface area contributed by atoms with E-state index in [1.165, 1.54) is 91.8 Å². The number of rotatable bonds is 7. The van der Waals surface area contributed by atoms with Crippen LogP contribution in [0.1, 0.15) is 0 Å². The molecule has 0 aliphatic rings. The predicted molar refractivity (Wildman–Crippen MR) is 262 cm³/mol. The van der Waals surface area contributed by atoms with E-state index < -0.39 is 0 Å². The smallest absolute Gasteiger partial charge is 0.0541 e. The van der Waals surface area contributed by atoms with Gasteiger partial charge in [0.05, 0.1) is 16.7 Å². The number of hydrogen-bond acceptors (Lipinski definition) is 2. The first-order chi connectivity index (χ1) is 30.2. The first-order valence-electron chi connectivity index (χ1n) is 20.8. The summed E-state index contributed by atoms with van der Waals surface area (Å²) in [5, 5.41) is 7.66. The molecule has 0 bridgehead atoms. The summed E-state index contributed by atoms with van der Waals surface area (Å²) in [6.07, 6.45) is 0. The molecule has 286 valence electrons. The lowest BCUT2D eigenvalue weighted by atomic mass is 9.98. The fraction of sp³-hybridized carbons (Fsp3) is 0. The van der Waals surface area contributed by atoms with Crippen LogP contribution in [0.15, 0.2) is 231 Å². The maximum atomic E-state index is 2.41. The van der Waals surface area contributed by atoms with E-state index in [1.54, 1.807) is 0 Å². The van der Waals surface area contributed by atoms with Gasteiger partial charge < -0.3 is 9.47 Å². The van der Waals surface area contributed by atoms with Crippen molar-refractivity contribution < 1.29 is 0 Å². The van der Waals surface area contributed by atoms with Gasteiger partial charge in [0.1, 0.15) is 0 Å². The van der Waals surface area contributed by atoms with Crippen LogP contribution in [0.3, 0.4) is 0 Å². The quantitative estimate of drug-likeness (QED) is 0.156. The van der Waals surface area contributed by atoms with Crippen LogP contribution >= 0.6 is 11.3 Å². The van der Waals surface area contributed by atoms with Crippen LogP contribution in [0, 0.1) is 0 Å². The summed E-state index contributed by atoms with van der Waals surface area (Å²) in [4.78, 5) is 2.38. The van der Waals surface area contributed by atoms with Crippen molar-refractivity contribution in [2.24, 2.45) is 0 Å². The van der Waals surface area contributed by atoms with E-state index in [-0.39, 0.29) is 0 Å². The van der Waals surface area contributed by atoms with Crippen molar-refractivity contribution in [3.63, 3.8) is 0 Å². The number of anilines is 3. The number of para-hydroxylation sites is 3. The molecule has 10 aromatic carbocycles. The van der Waals surface area contributed by atoms with Crippen molar-refractivity contribution in [1.29, 1.82) is 0 Å². The summed E-state index contributed by atoms with van der Waals surface area (Å²) in [5.74, 6) is 0. The Bertz CT molecular complexity index is 3520.